The molecule has 8 nitrogen and oxygen atoms in total. The number of nitrogens with two attached hydrogens (primary N) is 1. The number of carbonyl (C=O) groups excluding carboxylic acids is 2. The molecule has 0 aliphatic rings. The second-order valence-corrected chi connectivity index (χ2v) is 9.09. The summed E-state index contributed by atoms with van der Waals surface area (Å²) in [5.41, 5.74) is 7.38. The summed E-state index contributed by atoms with van der Waals surface area (Å²) in [6.45, 7) is 6.84. The zero-order valence-electron chi connectivity index (χ0n) is 21.2. The smallest absolute Gasteiger partial charge is 0.312 e. The van der Waals surface area contributed by atoms with Gasteiger partial charge in [-0.2, -0.15) is 5.26 Å². The van der Waals surface area contributed by atoms with Crippen molar-refractivity contribution in [3.05, 3.63) is 59.4 Å². The van der Waals surface area contributed by atoms with Crippen molar-refractivity contribution in [1.29, 1.82) is 5.26 Å². The Hall–Kier alpha value is -3.57. The van der Waals surface area contributed by atoms with E-state index in [9.17, 15) is 9.59 Å². The van der Waals surface area contributed by atoms with Gasteiger partial charge in [0.05, 0.1) is 23.6 Å². The SMILES string of the molecule is CC(C)NC(N)=O.CCCCC(=O)N(Cc1nc2cc(Cl)ccc2n1CCCC#N)c1ccccc1. The van der Waals surface area contributed by atoms with Gasteiger partial charge in [-0.1, -0.05) is 43.1 Å². The molecule has 0 atom stereocenters. The molecule has 3 rings (SSSR count). The van der Waals surface area contributed by atoms with Crippen LogP contribution < -0.4 is 16.0 Å². The number of fused-ring (bicyclic) bond motifs is 1. The molecule has 2 aromatic carbocycles. The van der Waals surface area contributed by atoms with Gasteiger partial charge < -0.3 is 20.5 Å². The van der Waals surface area contributed by atoms with Crippen LogP contribution in [0.15, 0.2) is 48.5 Å². The summed E-state index contributed by atoms with van der Waals surface area (Å²) in [5.74, 6) is 0.889. The van der Waals surface area contributed by atoms with Crippen LogP contribution in [0.1, 0.15) is 58.7 Å². The maximum absolute atomic E-state index is 13.0. The van der Waals surface area contributed by atoms with Gasteiger partial charge >= 0.3 is 6.03 Å². The third-order valence-corrected chi connectivity index (χ3v) is 5.54. The summed E-state index contributed by atoms with van der Waals surface area (Å²) < 4.78 is 2.10. The van der Waals surface area contributed by atoms with Crippen molar-refractivity contribution in [1.82, 2.24) is 14.9 Å². The summed E-state index contributed by atoms with van der Waals surface area (Å²) in [6, 6.07) is 17.2. The number of hydrogen-bond donors (Lipinski definition) is 2. The molecule has 0 fully saturated rings. The molecule has 0 bridgehead atoms. The van der Waals surface area contributed by atoms with Crippen molar-refractivity contribution in [3.8, 4) is 6.07 Å². The Morgan fingerprint density at radius 3 is 2.50 bits per heavy atom. The average molecular weight is 511 g/mol. The Morgan fingerprint density at radius 2 is 1.92 bits per heavy atom. The third kappa shape index (κ3) is 8.90. The number of aryl methyl sites for hydroxylation is 1. The molecular weight excluding hydrogens is 476 g/mol. The molecule has 0 saturated carbocycles. The highest BCUT2D eigenvalue weighted by Gasteiger charge is 2.20. The third-order valence-electron chi connectivity index (χ3n) is 5.30. The van der Waals surface area contributed by atoms with Gasteiger partial charge in [0.15, 0.2) is 0 Å². The van der Waals surface area contributed by atoms with E-state index in [4.69, 9.17) is 27.6 Å². The van der Waals surface area contributed by atoms with Crippen molar-refractivity contribution < 1.29 is 9.59 Å². The molecule has 3 aromatic rings. The normalized spacial score (nSPS) is 10.4. The molecule has 3 N–H and O–H groups in total. The van der Waals surface area contributed by atoms with Crippen LogP contribution in [-0.2, 0) is 17.9 Å². The number of carbonyl (C=O) groups is 2. The number of anilines is 1. The van der Waals surface area contributed by atoms with Crippen LogP contribution in [0, 0.1) is 11.3 Å². The fourth-order valence-electron chi connectivity index (χ4n) is 3.66. The number of urea groups is 1. The number of imidazole rings is 1. The molecule has 0 saturated heterocycles. The number of amides is 3. The number of unbranched alkanes of at least 4 members (excludes halogenated alkanes) is 2. The van der Waals surface area contributed by atoms with Crippen LogP contribution in [0.2, 0.25) is 5.02 Å². The lowest BCUT2D eigenvalue weighted by molar-refractivity contribution is -0.118. The maximum atomic E-state index is 13.0. The lowest BCUT2D eigenvalue weighted by Crippen LogP contribution is -2.34. The minimum atomic E-state index is -0.463. The summed E-state index contributed by atoms with van der Waals surface area (Å²) in [4.78, 5) is 29.5. The van der Waals surface area contributed by atoms with Gasteiger partial charge in [0.1, 0.15) is 5.82 Å². The van der Waals surface area contributed by atoms with Crippen LogP contribution >= 0.6 is 11.6 Å². The molecule has 1 heterocycles. The van der Waals surface area contributed by atoms with Gasteiger partial charge in [-0.15, -0.1) is 0 Å². The van der Waals surface area contributed by atoms with Gasteiger partial charge in [0.2, 0.25) is 5.91 Å². The van der Waals surface area contributed by atoms with Crippen LogP contribution in [-0.4, -0.2) is 27.5 Å². The number of benzene rings is 2. The second kappa shape index (κ2) is 14.7. The number of aromatic nitrogens is 2. The average Bonchev–Trinajstić information content (AvgIpc) is 3.17. The Labute approximate surface area is 218 Å². The zero-order chi connectivity index (χ0) is 26.5. The number of rotatable bonds is 10. The fraction of sp³-hybridized carbons (Fsp3) is 0.407. The summed E-state index contributed by atoms with van der Waals surface area (Å²) in [5, 5.41) is 12.0. The number of primary amides is 1. The zero-order valence-corrected chi connectivity index (χ0v) is 22.0. The number of hydrogen-bond acceptors (Lipinski definition) is 4. The first-order valence-corrected chi connectivity index (χ1v) is 12.6. The van der Waals surface area contributed by atoms with E-state index in [1.54, 1.807) is 4.90 Å². The number of halogens is 1. The first-order valence-electron chi connectivity index (χ1n) is 12.2. The van der Waals surface area contributed by atoms with Gasteiger partial charge in [0.25, 0.3) is 0 Å². The van der Waals surface area contributed by atoms with Crippen LogP contribution in [0.4, 0.5) is 10.5 Å². The van der Waals surface area contributed by atoms with Crippen molar-refractivity contribution in [2.24, 2.45) is 5.73 Å². The van der Waals surface area contributed by atoms with Crippen LogP contribution in [0.25, 0.3) is 11.0 Å². The minimum absolute atomic E-state index is 0.0895. The van der Waals surface area contributed by atoms with E-state index >= 15 is 0 Å². The Morgan fingerprint density at radius 1 is 1.19 bits per heavy atom. The van der Waals surface area contributed by atoms with Gasteiger partial charge in [-0.05, 0) is 57.0 Å². The van der Waals surface area contributed by atoms with E-state index in [1.165, 1.54) is 0 Å². The molecule has 0 spiro atoms. The van der Waals surface area contributed by atoms with Gasteiger partial charge in [-0.3, -0.25) is 4.79 Å². The fourth-order valence-corrected chi connectivity index (χ4v) is 3.83. The van der Waals surface area contributed by atoms with Crippen LogP contribution in [0.3, 0.4) is 0 Å². The number of nitrogens with zero attached hydrogens (tertiary/aromatic N) is 4. The maximum Gasteiger partial charge on any atom is 0.312 e. The highest BCUT2D eigenvalue weighted by molar-refractivity contribution is 6.31. The lowest BCUT2D eigenvalue weighted by atomic mass is 10.2. The summed E-state index contributed by atoms with van der Waals surface area (Å²) in [7, 11) is 0. The molecule has 1 aromatic heterocycles. The molecule has 192 valence electrons. The molecule has 9 heteroatoms. The first-order chi connectivity index (χ1) is 17.3. The quantitative estimate of drug-likeness (QED) is 0.336. The molecular formula is C27H35ClN6O2. The summed E-state index contributed by atoms with van der Waals surface area (Å²) in [6.07, 6.45) is 3.54. The number of nitriles is 1. The van der Waals surface area contributed by atoms with E-state index in [0.29, 0.717) is 31.0 Å². The predicted octanol–water partition coefficient (Wildman–Crippen LogP) is 5.78. The van der Waals surface area contributed by atoms with Gasteiger partial charge in [0, 0.05) is 36.1 Å². The van der Waals surface area contributed by atoms with E-state index in [0.717, 1.165) is 41.8 Å². The molecule has 36 heavy (non-hydrogen) atoms. The molecule has 0 unspecified atom stereocenters. The Kier molecular flexibility index (Phi) is 11.7. The van der Waals surface area contributed by atoms with Crippen molar-refractivity contribution in [3.63, 3.8) is 0 Å². The molecule has 0 radical (unpaired) electrons. The number of para-hydroxylation sites is 1. The first kappa shape index (κ1) is 28.7. The van der Waals surface area contributed by atoms with Crippen molar-refractivity contribution >= 4 is 40.3 Å². The van der Waals surface area contributed by atoms with Gasteiger partial charge in [-0.25, -0.2) is 9.78 Å². The largest absolute Gasteiger partial charge is 0.352 e. The van der Waals surface area contributed by atoms with E-state index in [1.807, 2.05) is 62.4 Å². The monoisotopic (exact) mass is 510 g/mol. The van der Waals surface area contributed by atoms with Crippen molar-refractivity contribution in [2.45, 2.75) is 72.0 Å². The molecule has 3 amide bonds. The predicted molar refractivity (Wildman–Crippen MR) is 145 cm³/mol. The molecule has 0 aliphatic heterocycles. The van der Waals surface area contributed by atoms with E-state index in [2.05, 4.69) is 22.9 Å². The van der Waals surface area contributed by atoms with E-state index in [-0.39, 0.29) is 11.9 Å². The highest BCUT2D eigenvalue weighted by atomic mass is 35.5. The topological polar surface area (TPSA) is 117 Å². The standard InChI is InChI=1S/C23H25ClN4O.C4H10N2O/c1-2-3-11-23(29)28(19-9-5-4-6-10-19)17-22-26-20-16-18(24)12-13-21(20)27(22)15-8-7-14-25;1-3(2)6-4(5)7/h4-6,9-10,12-13,16H,2-3,7-8,11,15,17H2,1H3;3H,1-2H3,(H3,5,6,7). The Bertz CT molecular complexity index is 1170. The second-order valence-electron chi connectivity index (χ2n) is 8.66. The number of nitrogens with one attached hydrogen (secondary N) is 1. The summed E-state index contributed by atoms with van der Waals surface area (Å²) >= 11 is 6.16. The highest BCUT2D eigenvalue weighted by Crippen LogP contribution is 2.24. The molecule has 0 aliphatic carbocycles. The van der Waals surface area contributed by atoms with Crippen LogP contribution in [0.5, 0.6) is 0 Å². The Balaban J connectivity index is 0.000000572. The van der Waals surface area contributed by atoms with Crippen molar-refractivity contribution in [2.75, 3.05) is 4.90 Å². The minimum Gasteiger partial charge on any atom is -0.352 e. The lowest BCUT2D eigenvalue weighted by Gasteiger charge is -2.23. The van der Waals surface area contributed by atoms with E-state index < -0.39 is 6.03 Å².